The number of imidazole rings is 1. The maximum atomic E-state index is 12.2. The van der Waals surface area contributed by atoms with Crippen LogP contribution in [0, 0.1) is 0 Å². The predicted molar refractivity (Wildman–Crippen MR) is 69.7 cm³/mol. The van der Waals surface area contributed by atoms with Crippen molar-refractivity contribution >= 4 is 32.1 Å². The summed E-state index contributed by atoms with van der Waals surface area (Å²) in [4.78, 5) is 4.84. The zero-order valence-electron chi connectivity index (χ0n) is 10.0. The molecule has 0 aliphatic heterocycles. The lowest BCUT2D eigenvalue weighted by atomic mass is 10.7. The van der Waals surface area contributed by atoms with Crippen molar-refractivity contribution in [3.8, 4) is 0 Å². The predicted octanol–water partition coefficient (Wildman–Crippen LogP) is 0.362. The molecule has 9 heteroatoms. The van der Waals surface area contributed by atoms with Crippen molar-refractivity contribution in [1.29, 1.82) is 0 Å². The highest BCUT2D eigenvalue weighted by Gasteiger charge is 2.24. The summed E-state index contributed by atoms with van der Waals surface area (Å²) in [7, 11) is -0.457. The number of sulfonamides is 1. The fourth-order valence-electron chi connectivity index (χ4n) is 1.53. The molecule has 0 unspecified atom stereocenters. The van der Waals surface area contributed by atoms with E-state index in [0.29, 0.717) is 17.4 Å². The maximum absolute atomic E-state index is 12.2. The Morgan fingerprint density at radius 1 is 1.56 bits per heavy atom. The van der Waals surface area contributed by atoms with Gasteiger partial charge in [-0.2, -0.15) is 0 Å². The molecule has 0 saturated carbocycles. The number of nitrogens with one attached hydrogen (secondary N) is 2. The van der Waals surface area contributed by atoms with Gasteiger partial charge in [0.05, 0.1) is 6.61 Å². The second-order valence-corrected chi connectivity index (χ2v) is 6.02. The van der Waals surface area contributed by atoms with Crippen molar-refractivity contribution in [3.05, 3.63) is 11.6 Å². The summed E-state index contributed by atoms with van der Waals surface area (Å²) in [5.74, 6) is 0.340. The number of thiazole rings is 1. The monoisotopic (exact) mass is 290 g/mol. The number of ether oxygens (including phenoxy) is 1. The molecule has 18 heavy (non-hydrogen) atoms. The van der Waals surface area contributed by atoms with Crippen LogP contribution in [0.5, 0.6) is 0 Å². The molecule has 2 heterocycles. The van der Waals surface area contributed by atoms with Gasteiger partial charge >= 0.3 is 0 Å². The Hall–Kier alpha value is -1.16. The minimum atomic E-state index is -3.61. The lowest BCUT2D eigenvalue weighted by Gasteiger charge is -2.06. The highest BCUT2D eigenvalue weighted by Crippen LogP contribution is 2.24. The minimum absolute atomic E-state index is 0.123. The fourth-order valence-corrected chi connectivity index (χ4v) is 3.60. The summed E-state index contributed by atoms with van der Waals surface area (Å²) in [5, 5.41) is 4.70. The van der Waals surface area contributed by atoms with Crippen molar-refractivity contribution in [2.24, 2.45) is 0 Å². The largest absolute Gasteiger partial charge is 0.383 e. The van der Waals surface area contributed by atoms with Crippen LogP contribution in [0.3, 0.4) is 0 Å². The van der Waals surface area contributed by atoms with Gasteiger partial charge in [0.15, 0.2) is 15.8 Å². The van der Waals surface area contributed by atoms with Crippen molar-refractivity contribution < 1.29 is 13.2 Å². The van der Waals surface area contributed by atoms with Crippen LogP contribution in [0.1, 0.15) is 0 Å². The van der Waals surface area contributed by atoms with Crippen molar-refractivity contribution in [3.63, 3.8) is 0 Å². The molecular weight excluding hydrogens is 276 g/mol. The molecule has 0 bridgehead atoms. The molecule has 7 nitrogen and oxygen atoms in total. The average Bonchev–Trinajstić information content (AvgIpc) is 2.87. The zero-order valence-corrected chi connectivity index (χ0v) is 11.6. The summed E-state index contributed by atoms with van der Waals surface area (Å²) in [6.45, 7) is 0.541. The van der Waals surface area contributed by atoms with E-state index in [9.17, 15) is 8.42 Å². The first kappa shape index (κ1) is 13.3. The Morgan fingerprint density at radius 3 is 3.00 bits per heavy atom. The van der Waals surface area contributed by atoms with E-state index < -0.39 is 10.0 Å². The summed E-state index contributed by atoms with van der Waals surface area (Å²) in [6, 6.07) is 0. The Balaban J connectivity index is 2.41. The number of hydrogen-bond donors (Lipinski definition) is 2. The number of anilines is 1. The first-order valence-corrected chi connectivity index (χ1v) is 7.58. The standard InChI is InChI=1S/C9H14N4O3S2/c1-10-7-8(13-4-6-17-9(13)12-7)18(14,15)11-3-5-16-2/h4,6,10-11H,3,5H2,1-2H3. The molecule has 0 aliphatic carbocycles. The average molecular weight is 290 g/mol. The third kappa shape index (κ3) is 2.34. The van der Waals surface area contributed by atoms with E-state index in [1.807, 2.05) is 0 Å². The van der Waals surface area contributed by atoms with Crippen LogP contribution < -0.4 is 10.0 Å². The van der Waals surface area contributed by atoms with Crippen LogP contribution in [-0.2, 0) is 14.8 Å². The van der Waals surface area contributed by atoms with E-state index in [1.165, 1.54) is 18.4 Å². The molecule has 0 atom stereocenters. The second-order valence-electron chi connectivity index (χ2n) is 3.46. The number of rotatable bonds is 6. The van der Waals surface area contributed by atoms with Crippen LogP contribution in [0.25, 0.3) is 4.96 Å². The Bertz CT molecular complexity index is 631. The lowest BCUT2D eigenvalue weighted by molar-refractivity contribution is 0.204. The maximum Gasteiger partial charge on any atom is 0.260 e. The van der Waals surface area contributed by atoms with Crippen molar-refractivity contribution in [2.75, 3.05) is 32.6 Å². The number of hydrogen-bond acceptors (Lipinski definition) is 6. The molecule has 2 N–H and O–H groups in total. The van der Waals surface area contributed by atoms with Gasteiger partial charge in [0, 0.05) is 32.3 Å². The molecular formula is C9H14N4O3S2. The Morgan fingerprint density at radius 2 is 2.33 bits per heavy atom. The Labute approximate surface area is 109 Å². The molecule has 2 aromatic heterocycles. The van der Waals surface area contributed by atoms with Gasteiger partial charge in [0.25, 0.3) is 10.0 Å². The SMILES string of the molecule is CNc1nc2sccn2c1S(=O)(=O)NCCOC. The molecule has 2 rings (SSSR count). The molecule has 0 fully saturated rings. The van der Waals surface area contributed by atoms with E-state index in [-0.39, 0.29) is 11.6 Å². The van der Waals surface area contributed by atoms with Gasteiger partial charge in [-0.1, -0.05) is 0 Å². The molecule has 0 radical (unpaired) electrons. The van der Waals surface area contributed by atoms with Crippen LogP contribution in [-0.4, -0.2) is 45.1 Å². The van der Waals surface area contributed by atoms with Crippen molar-refractivity contribution in [2.45, 2.75) is 5.03 Å². The Kier molecular flexibility index (Phi) is 3.85. The first-order chi connectivity index (χ1) is 8.60. The third-order valence-corrected chi connectivity index (χ3v) is 4.55. The summed E-state index contributed by atoms with van der Waals surface area (Å²) >= 11 is 1.38. The van der Waals surface area contributed by atoms with Gasteiger partial charge in [-0.15, -0.1) is 11.3 Å². The molecule has 2 aromatic rings. The van der Waals surface area contributed by atoms with Gasteiger partial charge in [-0.05, 0) is 0 Å². The van der Waals surface area contributed by atoms with Crippen LogP contribution in [0.15, 0.2) is 16.6 Å². The molecule has 0 saturated heterocycles. The van der Waals surface area contributed by atoms with Gasteiger partial charge in [-0.3, -0.25) is 4.40 Å². The van der Waals surface area contributed by atoms with Crippen LogP contribution >= 0.6 is 11.3 Å². The van der Waals surface area contributed by atoms with Crippen molar-refractivity contribution in [1.82, 2.24) is 14.1 Å². The fraction of sp³-hybridized carbons (Fsp3) is 0.444. The highest BCUT2D eigenvalue weighted by atomic mass is 32.2. The summed E-state index contributed by atoms with van der Waals surface area (Å²) in [5.41, 5.74) is 0. The van der Waals surface area contributed by atoms with E-state index >= 15 is 0 Å². The molecule has 0 spiro atoms. The van der Waals surface area contributed by atoms with Gasteiger partial charge < -0.3 is 10.1 Å². The van der Waals surface area contributed by atoms with Gasteiger partial charge in [0.2, 0.25) is 0 Å². The first-order valence-electron chi connectivity index (χ1n) is 5.22. The van der Waals surface area contributed by atoms with Crippen LogP contribution in [0.4, 0.5) is 5.82 Å². The number of fused-ring (bicyclic) bond motifs is 1. The van der Waals surface area contributed by atoms with E-state index in [0.717, 1.165) is 0 Å². The molecule has 0 amide bonds. The van der Waals surface area contributed by atoms with E-state index in [2.05, 4.69) is 15.0 Å². The normalized spacial score (nSPS) is 12.1. The molecule has 0 aromatic carbocycles. The molecule has 0 aliphatic rings. The minimum Gasteiger partial charge on any atom is -0.383 e. The lowest BCUT2D eigenvalue weighted by Crippen LogP contribution is -2.28. The van der Waals surface area contributed by atoms with E-state index in [1.54, 1.807) is 23.0 Å². The van der Waals surface area contributed by atoms with Gasteiger partial charge in [0.1, 0.15) is 0 Å². The smallest absolute Gasteiger partial charge is 0.260 e. The second kappa shape index (κ2) is 5.22. The van der Waals surface area contributed by atoms with Gasteiger partial charge in [-0.25, -0.2) is 18.1 Å². The van der Waals surface area contributed by atoms with Crippen LogP contribution in [0.2, 0.25) is 0 Å². The topological polar surface area (TPSA) is 84.7 Å². The quantitative estimate of drug-likeness (QED) is 0.751. The molecule has 100 valence electrons. The summed E-state index contributed by atoms with van der Waals surface area (Å²) in [6.07, 6.45) is 1.68. The number of nitrogens with zero attached hydrogens (tertiary/aromatic N) is 2. The van der Waals surface area contributed by atoms with E-state index in [4.69, 9.17) is 4.74 Å². The number of methoxy groups -OCH3 is 1. The zero-order chi connectivity index (χ0) is 13.2. The highest BCUT2D eigenvalue weighted by molar-refractivity contribution is 7.89. The summed E-state index contributed by atoms with van der Waals surface area (Å²) < 4.78 is 33.2. The number of aromatic nitrogens is 2. The third-order valence-electron chi connectivity index (χ3n) is 2.31.